The van der Waals surface area contributed by atoms with Crippen LogP contribution >= 0.6 is 11.6 Å². The first-order chi connectivity index (χ1) is 10.5. The molecule has 2 aromatic rings. The van der Waals surface area contributed by atoms with Crippen molar-refractivity contribution in [2.24, 2.45) is 0 Å². The number of carboxylic acids is 1. The lowest BCUT2D eigenvalue weighted by Crippen LogP contribution is -2.36. The maximum Gasteiger partial charge on any atom is 0.319 e. The lowest BCUT2D eigenvalue weighted by Gasteiger charge is -2.20. The predicted molar refractivity (Wildman–Crippen MR) is 82.4 cm³/mol. The average molecular weight is 318 g/mol. The summed E-state index contributed by atoms with van der Waals surface area (Å²) in [5.41, 5.74) is 1.21. The Morgan fingerprint density at radius 2 is 1.82 bits per heavy atom. The van der Waals surface area contributed by atoms with Crippen molar-refractivity contribution in [2.75, 3.05) is 5.32 Å². The fourth-order valence-electron chi connectivity index (χ4n) is 1.99. The zero-order valence-electron chi connectivity index (χ0n) is 11.6. The summed E-state index contributed by atoms with van der Waals surface area (Å²) < 4.78 is 0. The van der Waals surface area contributed by atoms with Crippen LogP contribution < -0.4 is 15.7 Å². The third-order valence-corrected chi connectivity index (χ3v) is 3.19. The summed E-state index contributed by atoms with van der Waals surface area (Å²) in [6, 6.07) is 14.3. The average Bonchev–Trinajstić information content (AvgIpc) is 2.47. The summed E-state index contributed by atoms with van der Waals surface area (Å²) >= 11 is 5.90. The number of halogens is 1. The first-order valence-corrected chi connectivity index (χ1v) is 7.00. The van der Waals surface area contributed by atoms with E-state index >= 15 is 0 Å². The van der Waals surface area contributed by atoms with Crippen molar-refractivity contribution in [1.82, 2.24) is 5.32 Å². The van der Waals surface area contributed by atoms with E-state index in [9.17, 15) is 14.7 Å². The second kappa shape index (κ2) is 7.47. The minimum atomic E-state index is -1.26. The lowest BCUT2D eigenvalue weighted by atomic mass is 10.0. The quantitative estimate of drug-likeness (QED) is 0.888. The summed E-state index contributed by atoms with van der Waals surface area (Å²) in [5, 5.41) is 16.6. The van der Waals surface area contributed by atoms with E-state index in [1.807, 2.05) is 6.07 Å². The smallest absolute Gasteiger partial charge is 0.319 e. The third kappa shape index (κ3) is 4.79. The van der Waals surface area contributed by atoms with Gasteiger partial charge in [-0.05, 0) is 29.8 Å². The van der Waals surface area contributed by atoms with Gasteiger partial charge in [0.15, 0.2) is 0 Å². The molecule has 2 aromatic carbocycles. The minimum absolute atomic E-state index is 0.345. The Bertz CT molecular complexity index is 661. The van der Waals surface area contributed by atoms with E-state index in [-0.39, 0.29) is 6.42 Å². The number of para-hydroxylation sites is 1. The first kappa shape index (κ1) is 15.9. The lowest BCUT2D eigenvalue weighted by molar-refractivity contribution is -0.306. The van der Waals surface area contributed by atoms with Gasteiger partial charge in [0.1, 0.15) is 0 Å². The summed E-state index contributed by atoms with van der Waals surface area (Å²) in [7, 11) is 0. The van der Waals surface area contributed by atoms with Crippen molar-refractivity contribution < 1.29 is 14.7 Å². The highest BCUT2D eigenvalue weighted by molar-refractivity contribution is 6.30. The van der Waals surface area contributed by atoms with E-state index in [0.29, 0.717) is 16.3 Å². The molecule has 0 saturated heterocycles. The molecule has 114 valence electrons. The van der Waals surface area contributed by atoms with Gasteiger partial charge >= 0.3 is 6.03 Å². The molecule has 0 aliphatic carbocycles. The van der Waals surface area contributed by atoms with Crippen molar-refractivity contribution in [2.45, 2.75) is 12.5 Å². The summed E-state index contributed by atoms with van der Waals surface area (Å²) in [6.07, 6.45) is -0.345. The molecule has 0 radical (unpaired) electrons. The number of hydrogen-bond acceptors (Lipinski definition) is 3. The van der Waals surface area contributed by atoms with Gasteiger partial charge in [0.05, 0.1) is 6.04 Å². The van der Waals surface area contributed by atoms with E-state index < -0.39 is 18.0 Å². The number of nitrogens with one attached hydrogen (secondary N) is 2. The second-order valence-electron chi connectivity index (χ2n) is 4.65. The summed E-state index contributed by atoms with van der Waals surface area (Å²) in [6.45, 7) is 0. The Balaban J connectivity index is 2.09. The zero-order chi connectivity index (χ0) is 15.9. The number of aliphatic carboxylic acids is 1. The van der Waals surface area contributed by atoms with Gasteiger partial charge in [-0.3, -0.25) is 0 Å². The van der Waals surface area contributed by atoms with Crippen LogP contribution in [0.3, 0.4) is 0 Å². The number of benzene rings is 2. The van der Waals surface area contributed by atoms with Crippen LogP contribution in [0.5, 0.6) is 0 Å². The Kier molecular flexibility index (Phi) is 5.38. The number of hydrogen-bond donors (Lipinski definition) is 2. The third-order valence-electron chi connectivity index (χ3n) is 2.96. The van der Waals surface area contributed by atoms with Crippen molar-refractivity contribution in [3.63, 3.8) is 0 Å². The number of anilines is 1. The fourth-order valence-corrected chi connectivity index (χ4v) is 2.19. The van der Waals surface area contributed by atoms with Crippen molar-refractivity contribution in [3.8, 4) is 0 Å². The fraction of sp³-hybridized carbons (Fsp3) is 0.125. The first-order valence-electron chi connectivity index (χ1n) is 6.62. The van der Waals surface area contributed by atoms with E-state index in [2.05, 4.69) is 10.6 Å². The molecule has 2 rings (SSSR count). The van der Waals surface area contributed by atoms with E-state index in [0.717, 1.165) is 0 Å². The molecule has 0 bridgehead atoms. The zero-order valence-corrected chi connectivity index (χ0v) is 12.3. The van der Waals surface area contributed by atoms with Crippen molar-refractivity contribution in [3.05, 3.63) is 65.2 Å². The van der Waals surface area contributed by atoms with E-state index in [1.165, 1.54) is 0 Å². The molecule has 0 unspecified atom stereocenters. The number of carbonyl (C=O) groups is 2. The normalized spacial score (nSPS) is 11.5. The molecule has 0 spiro atoms. The molecule has 0 aliphatic rings. The molecular weight excluding hydrogens is 304 g/mol. The number of carboxylic acid groups (broad SMARTS) is 1. The Morgan fingerprint density at radius 3 is 2.45 bits per heavy atom. The highest BCUT2D eigenvalue weighted by atomic mass is 35.5. The molecule has 0 heterocycles. The van der Waals surface area contributed by atoms with Crippen LogP contribution in [0.15, 0.2) is 54.6 Å². The number of urea groups is 1. The Labute approximate surface area is 132 Å². The van der Waals surface area contributed by atoms with E-state index in [4.69, 9.17) is 11.6 Å². The molecule has 2 amide bonds. The van der Waals surface area contributed by atoms with Gasteiger partial charge in [0.25, 0.3) is 0 Å². The molecular formula is C16H14ClN2O3-. The topological polar surface area (TPSA) is 81.3 Å². The number of amides is 2. The SMILES string of the molecule is O=C([O-])C[C@@H](NC(=O)Nc1ccccc1)c1cccc(Cl)c1. The van der Waals surface area contributed by atoms with E-state index in [1.54, 1.807) is 48.5 Å². The standard InChI is InChI=1S/C16H15ClN2O3/c17-12-6-4-5-11(9-12)14(10-15(20)21)19-16(22)18-13-7-2-1-3-8-13/h1-9,14H,10H2,(H,20,21)(H2,18,19,22)/p-1/t14-/m1/s1. The van der Waals surface area contributed by atoms with Crippen LogP contribution in [0, 0.1) is 0 Å². The monoisotopic (exact) mass is 317 g/mol. The van der Waals surface area contributed by atoms with Crippen LogP contribution in [0.25, 0.3) is 0 Å². The number of carbonyl (C=O) groups excluding carboxylic acids is 2. The molecule has 0 saturated carbocycles. The highest BCUT2D eigenvalue weighted by Gasteiger charge is 2.15. The Hall–Kier alpha value is -2.53. The molecule has 22 heavy (non-hydrogen) atoms. The molecule has 6 heteroatoms. The van der Waals surface area contributed by atoms with Gasteiger partial charge < -0.3 is 20.5 Å². The van der Waals surface area contributed by atoms with Crippen molar-refractivity contribution >= 4 is 29.3 Å². The molecule has 0 fully saturated rings. The molecule has 0 aliphatic heterocycles. The van der Waals surface area contributed by atoms with Gasteiger partial charge in [-0.2, -0.15) is 0 Å². The van der Waals surface area contributed by atoms with Crippen LogP contribution in [0.1, 0.15) is 18.0 Å². The van der Waals surface area contributed by atoms with Crippen LogP contribution in [-0.4, -0.2) is 12.0 Å². The molecule has 0 aromatic heterocycles. The largest absolute Gasteiger partial charge is 0.550 e. The van der Waals surface area contributed by atoms with Crippen LogP contribution in [0.4, 0.5) is 10.5 Å². The molecule has 2 N–H and O–H groups in total. The summed E-state index contributed by atoms with van der Waals surface area (Å²) in [4.78, 5) is 22.9. The summed E-state index contributed by atoms with van der Waals surface area (Å²) in [5.74, 6) is -1.26. The van der Waals surface area contributed by atoms with Gasteiger partial charge in [-0.25, -0.2) is 4.79 Å². The second-order valence-corrected chi connectivity index (χ2v) is 5.08. The van der Waals surface area contributed by atoms with Gasteiger partial charge in [0, 0.05) is 23.1 Å². The van der Waals surface area contributed by atoms with Gasteiger partial charge in [-0.1, -0.05) is 41.9 Å². The predicted octanol–water partition coefficient (Wildman–Crippen LogP) is 2.34. The van der Waals surface area contributed by atoms with Crippen molar-refractivity contribution in [1.29, 1.82) is 0 Å². The molecule has 1 atom stereocenters. The highest BCUT2D eigenvalue weighted by Crippen LogP contribution is 2.20. The van der Waals surface area contributed by atoms with Gasteiger partial charge in [-0.15, -0.1) is 0 Å². The molecule has 5 nitrogen and oxygen atoms in total. The Morgan fingerprint density at radius 1 is 1.09 bits per heavy atom. The maximum atomic E-state index is 12.0. The number of rotatable bonds is 5. The minimum Gasteiger partial charge on any atom is -0.550 e. The maximum absolute atomic E-state index is 12.0. The van der Waals surface area contributed by atoms with Crippen LogP contribution in [0.2, 0.25) is 5.02 Å². The van der Waals surface area contributed by atoms with Crippen LogP contribution in [-0.2, 0) is 4.79 Å². The van der Waals surface area contributed by atoms with Gasteiger partial charge in [0.2, 0.25) is 0 Å².